The highest BCUT2D eigenvalue weighted by Gasteiger charge is 2.26. The van der Waals surface area contributed by atoms with Gasteiger partial charge in [0.05, 0.1) is 18.4 Å². The Hall–Kier alpha value is -2.56. The van der Waals surface area contributed by atoms with Crippen LogP contribution in [0.2, 0.25) is 5.02 Å². The maximum absolute atomic E-state index is 12.8. The molecular formula is C25H29ClN4O4S2. The molecular weight excluding hydrogens is 520 g/mol. The number of nitrogens with zero attached hydrogens (tertiary/aromatic N) is 3. The van der Waals surface area contributed by atoms with Gasteiger partial charge in [-0.2, -0.15) is 0 Å². The Balaban J connectivity index is 1.41. The van der Waals surface area contributed by atoms with Gasteiger partial charge in [-0.3, -0.25) is 4.79 Å². The highest BCUT2D eigenvalue weighted by Crippen LogP contribution is 2.38. The molecule has 0 radical (unpaired) electrons. The van der Waals surface area contributed by atoms with Crippen LogP contribution in [0.25, 0.3) is 0 Å². The van der Waals surface area contributed by atoms with Crippen LogP contribution in [0.3, 0.4) is 0 Å². The van der Waals surface area contributed by atoms with Crippen molar-refractivity contribution in [3.8, 4) is 5.75 Å². The van der Waals surface area contributed by atoms with Crippen molar-refractivity contribution in [2.75, 3.05) is 18.2 Å². The van der Waals surface area contributed by atoms with Gasteiger partial charge in [0, 0.05) is 16.9 Å². The van der Waals surface area contributed by atoms with E-state index in [4.69, 9.17) is 21.1 Å². The van der Waals surface area contributed by atoms with Gasteiger partial charge in [0.2, 0.25) is 5.91 Å². The third kappa shape index (κ3) is 5.87. The summed E-state index contributed by atoms with van der Waals surface area (Å²) in [5.74, 6) is 0.870. The first-order valence-corrected chi connectivity index (χ1v) is 13.9. The van der Waals surface area contributed by atoms with E-state index in [-0.39, 0.29) is 17.8 Å². The largest absolute Gasteiger partial charge is 0.482 e. The van der Waals surface area contributed by atoms with Crippen LogP contribution in [0.15, 0.2) is 23.4 Å². The minimum Gasteiger partial charge on any atom is -0.482 e. The fraction of sp³-hybridized carbons (Fsp3) is 0.440. The average molecular weight is 549 g/mol. The second-order valence-electron chi connectivity index (χ2n) is 8.67. The SMILES string of the molecule is COC(=O)c1c(NC(=O)CSc2nnc(C(C)Oc3ccc(Cl)cc3C)n2C)sc2c1CCCCC2. The van der Waals surface area contributed by atoms with Crippen molar-refractivity contribution in [2.24, 2.45) is 7.05 Å². The summed E-state index contributed by atoms with van der Waals surface area (Å²) >= 11 is 8.79. The summed E-state index contributed by atoms with van der Waals surface area (Å²) < 4.78 is 12.9. The van der Waals surface area contributed by atoms with Gasteiger partial charge in [-0.15, -0.1) is 21.5 Å². The molecule has 1 aliphatic carbocycles. The number of amides is 1. The van der Waals surface area contributed by atoms with Crippen LogP contribution < -0.4 is 10.1 Å². The molecule has 1 atom stereocenters. The summed E-state index contributed by atoms with van der Waals surface area (Å²) in [4.78, 5) is 26.5. The summed E-state index contributed by atoms with van der Waals surface area (Å²) in [6.45, 7) is 3.83. The van der Waals surface area contributed by atoms with Gasteiger partial charge in [0.1, 0.15) is 10.8 Å². The zero-order valence-corrected chi connectivity index (χ0v) is 23.1. The topological polar surface area (TPSA) is 95.3 Å². The number of nitrogens with one attached hydrogen (secondary N) is 1. The number of ether oxygens (including phenoxy) is 2. The number of carbonyl (C=O) groups is 2. The quantitative estimate of drug-likeness (QED) is 0.217. The number of esters is 1. The number of aromatic nitrogens is 3. The first-order chi connectivity index (χ1) is 17.3. The molecule has 2 heterocycles. The van der Waals surface area contributed by atoms with Crippen molar-refractivity contribution in [2.45, 2.75) is 57.2 Å². The Morgan fingerprint density at radius 2 is 2.03 bits per heavy atom. The molecule has 192 valence electrons. The first kappa shape index (κ1) is 26.5. The molecule has 1 N–H and O–H groups in total. The highest BCUT2D eigenvalue weighted by molar-refractivity contribution is 7.99. The molecule has 1 unspecified atom stereocenters. The van der Waals surface area contributed by atoms with E-state index < -0.39 is 5.97 Å². The molecule has 36 heavy (non-hydrogen) atoms. The lowest BCUT2D eigenvalue weighted by molar-refractivity contribution is -0.113. The van der Waals surface area contributed by atoms with E-state index in [0.29, 0.717) is 26.6 Å². The Kier molecular flexibility index (Phi) is 8.58. The number of hydrogen-bond acceptors (Lipinski definition) is 8. The summed E-state index contributed by atoms with van der Waals surface area (Å²) in [6, 6.07) is 5.46. The van der Waals surface area contributed by atoms with Gasteiger partial charge in [0.25, 0.3) is 0 Å². The minimum atomic E-state index is -0.403. The van der Waals surface area contributed by atoms with Crippen molar-refractivity contribution in [3.63, 3.8) is 0 Å². The van der Waals surface area contributed by atoms with Crippen LogP contribution in [0.5, 0.6) is 5.75 Å². The highest BCUT2D eigenvalue weighted by atomic mass is 35.5. The molecule has 0 saturated carbocycles. The third-order valence-electron chi connectivity index (χ3n) is 6.07. The molecule has 0 bridgehead atoms. The van der Waals surface area contributed by atoms with Gasteiger partial charge in [-0.05, 0) is 68.9 Å². The Morgan fingerprint density at radius 1 is 1.25 bits per heavy atom. The summed E-state index contributed by atoms with van der Waals surface area (Å²) in [5, 5.41) is 13.3. The normalized spacial score (nSPS) is 14.0. The minimum absolute atomic E-state index is 0.126. The molecule has 0 saturated heterocycles. The lowest BCUT2D eigenvalue weighted by Crippen LogP contribution is -2.17. The number of halogens is 1. The van der Waals surface area contributed by atoms with Gasteiger partial charge in [-0.25, -0.2) is 4.79 Å². The number of thiophene rings is 1. The molecule has 1 aromatic carbocycles. The van der Waals surface area contributed by atoms with Crippen LogP contribution in [0.1, 0.15) is 64.5 Å². The lowest BCUT2D eigenvalue weighted by atomic mass is 10.1. The molecule has 0 aliphatic heterocycles. The number of hydrogen-bond donors (Lipinski definition) is 1. The lowest BCUT2D eigenvalue weighted by Gasteiger charge is -2.16. The zero-order valence-electron chi connectivity index (χ0n) is 20.7. The fourth-order valence-electron chi connectivity index (χ4n) is 4.24. The molecule has 11 heteroatoms. The Morgan fingerprint density at radius 3 is 2.78 bits per heavy atom. The van der Waals surface area contributed by atoms with Gasteiger partial charge >= 0.3 is 5.97 Å². The maximum atomic E-state index is 12.8. The van der Waals surface area contributed by atoms with Crippen molar-refractivity contribution >= 4 is 51.6 Å². The number of carbonyl (C=O) groups excluding carboxylic acids is 2. The number of fused-ring (bicyclic) bond motifs is 1. The second-order valence-corrected chi connectivity index (χ2v) is 11.2. The van der Waals surface area contributed by atoms with E-state index >= 15 is 0 Å². The van der Waals surface area contributed by atoms with Crippen molar-refractivity contribution in [1.29, 1.82) is 0 Å². The van der Waals surface area contributed by atoms with Gasteiger partial charge < -0.3 is 19.4 Å². The van der Waals surface area contributed by atoms with Crippen LogP contribution in [0, 0.1) is 6.92 Å². The van der Waals surface area contributed by atoms with Crippen LogP contribution >= 0.6 is 34.7 Å². The molecule has 4 rings (SSSR count). The van der Waals surface area contributed by atoms with Crippen LogP contribution in [-0.4, -0.2) is 39.5 Å². The van der Waals surface area contributed by atoms with E-state index in [1.54, 1.807) is 6.07 Å². The van der Waals surface area contributed by atoms with E-state index in [9.17, 15) is 9.59 Å². The standard InChI is InChI=1S/C25H29ClN4O4S2/c1-14-12-16(26)10-11-18(14)34-15(2)22-28-29-25(30(22)3)35-13-20(31)27-23-21(24(32)33-4)17-8-6-5-7-9-19(17)36-23/h10-12,15H,5-9,13H2,1-4H3,(H,27,31). The van der Waals surface area contributed by atoms with E-state index in [1.807, 2.05) is 37.6 Å². The van der Waals surface area contributed by atoms with Gasteiger partial charge in [0.15, 0.2) is 17.1 Å². The van der Waals surface area contributed by atoms with E-state index in [1.165, 1.54) is 35.1 Å². The summed E-state index contributed by atoms with van der Waals surface area (Å²) in [6.07, 6.45) is 4.67. The number of anilines is 1. The van der Waals surface area contributed by atoms with Gasteiger partial charge in [-0.1, -0.05) is 29.8 Å². The predicted octanol–water partition coefficient (Wildman–Crippen LogP) is 5.76. The predicted molar refractivity (Wildman–Crippen MR) is 143 cm³/mol. The summed E-state index contributed by atoms with van der Waals surface area (Å²) in [7, 11) is 3.21. The number of rotatable bonds is 8. The number of aryl methyl sites for hydroxylation is 2. The molecule has 1 aliphatic rings. The molecule has 0 spiro atoms. The molecule has 8 nitrogen and oxygen atoms in total. The van der Waals surface area contributed by atoms with Crippen molar-refractivity contribution < 1.29 is 19.1 Å². The molecule has 3 aromatic rings. The van der Waals surface area contributed by atoms with E-state index in [0.717, 1.165) is 49.0 Å². The molecule has 2 aromatic heterocycles. The zero-order chi connectivity index (χ0) is 25.8. The first-order valence-electron chi connectivity index (χ1n) is 11.8. The average Bonchev–Trinajstić information content (AvgIpc) is 3.29. The second kappa shape index (κ2) is 11.7. The third-order valence-corrected chi connectivity index (χ3v) is 8.53. The van der Waals surface area contributed by atoms with Crippen molar-refractivity contribution in [1.82, 2.24) is 14.8 Å². The summed E-state index contributed by atoms with van der Waals surface area (Å²) in [5.41, 5.74) is 2.46. The number of benzene rings is 1. The Labute approximate surface area is 223 Å². The number of methoxy groups -OCH3 is 1. The number of thioether (sulfide) groups is 1. The molecule has 1 amide bonds. The maximum Gasteiger partial charge on any atom is 0.341 e. The monoisotopic (exact) mass is 548 g/mol. The Bertz CT molecular complexity index is 1270. The van der Waals surface area contributed by atoms with Crippen LogP contribution in [-0.2, 0) is 29.4 Å². The van der Waals surface area contributed by atoms with E-state index in [2.05, 4.69) is 15.5 Å². The fourth-order valence-corrected chi connectivity index (χ4v) is 6.47. The smallest absolute Gasteiger partial charge is 0.341 e. The van der Waals surface area contributed by atoms with Crippen LogP contribution in [0.4, 0.5) is 5.00 Å². The van der Waals surface area contributed by atoms with Crippen molar-refractivity contribution in [3.05, 3.63) is 50.6 Å². The molecule has 0 fully saturated rings.